The number of amides is 1. The number of thiocarbonyl (C=S) groups is 1. The van der Waals surface area contributed by atoms with E-state index in [-0.39, 0.29) is 21.6 Å². The van der Waals surface area contributed by atoms with Crippen molar-refractivity contribution in [3.05, 3.63) is 59.7 Å². The summed E-state index contributed by atoms with van der Waals surface area (Å²) in [4.78, 5) is 12.3. The second-order valence-corrected chi connectivity index (χ2v) is 8.92. The normalized spacial score (nSPS) is 11.0. The summed E-state index contributed by atoms with van der Waals surface area (Å²) in [7, 11) is -2.34. The molecule has 7 nitrogen and oxygen atoms in total. The Morgan fingerprint density at radius 3 is 2.32 bits per heavy atom. The topological polar surface area (TPSA) is 90.5 Å². The average molecular weight is 421 g/mol. The number of aryl methyl sites for hydroxylation is 1. The Balaban J connectivity index is 2.18. The third-order valence-electron chi connectivity index (χ3n) is 3.86. The molecule has 0 aliphatic carbocycles. The molecule has 0 spiro atoms. The van der Waals surface area contributed by atoms with Gasteiger partial charge in [-0.15, -0.1) is 0 Å². The van der Waals surface area contributed by atoms with Crippen molar-refractivity contribution >= 4 is 38.9 Å². The minimum atomic E-state index is -3.81. The SMILES string of the molecule is Cc1ccc(N(C)S(=O)(=O)c2cccc(C(=O)NNC(=S)NC(C)C)c2)cc1. The molecule has 2 aromatic rings. The summed E-state index contributed by atoms with van der Waals surface area (Å²) in [6.07, 6.45) is 0. The van der Waals surface area contributed by atoms with Gasteiger partial charge in [0.05, 0.1) is 10.6 Å². The van der Waals surface area contributed by atoms with Gasteiger partial charge in [-0.1, -0.05) is 23.8 Å². The summed E-state index contributed by atoms with van der Waals surface area (Å²) in [6.45, 7) is 5.75. The lowest BCUT2D eigenvalue weighted by Crippen LogP contribution is -2.48. The Morgan fingerprint density at radius 1 is 1.07 bits per heavy atom. The molecule has 0 fully saturated rings. The number of benzene rings is 2. The third kappa shape index (κ3) is 5.43. The molecule has 28 heavy (non-hydrogen) atoms. The van der Waals surface area contributed by atoms with Gasteiger partial charge in [0.25, 0.3) is 15.9 Å². The smallest absolute Gasteiger partial charge is 0.269 e. The van der Waals surface area contributed by atoms with Crippen molar-refractivity contribution in [3.63, 3.8) is 0 Å². The van der Waals surface area contributed by atoms with E-state index in [0.717, 1.165) is 5.56 Å². The molecule has 0 saturated carbocycles. The zero-order chi connectivity index (χ0) is 20.9. The van der Waals surface area contributed by atoms with Crippen LogP contribution >= 0.6 is 12.2 Å². The van der Waals surface area contributed by atoms with Crippen molar-refractivity contribution in [2.24, 2.45) is 0 Å². The highest BCUT2D eigenvalue weighted by atomic mass is 32.2. The van der Waals surface area contributed by atoms with Crippen LogP contribution in [0.4, 0.5) is 5.69 Å². The van der Waals surface area contributed by atoms with E-state index in [1.54, 1.807) is 12.1 Å². The van der Waals surface area contributed by atoms with E-state index in [1.807, 2.05) is 32.9 Å². The first-order chi connectivity index (χ1) is 13.1. The van der Waals surface area contributed by atoms with Crippen molar-refractivity contribution in [2.75, 3.05) is 11.4 Å². The van der Waals surface area contributed by atoms with Crippen LogP contribution in [0, 0.1) is 6.92 Å². The summed E-state index contributed by atoms with van der Waals surface area (Å²) >= 11 is 5.04. The van der Waals surface area contributed by atoms with Crippen molar-refractivity contribution < 1.29 is 13.2 Å². The molecule has 0 bridgehead atoms. The predicted octanol–water partition coefficient (Wildman–Crippen LogP) is 2.34. The molecule has 0 saturated heterocycles. The number of hydrogen-bond acceptors (Lipinski definition) is 4. The number of anilines is 1. The first-order valence-corrected chi connectivity index (χ1v) is 10.5. The van der Waals surface area contributed by atoms with Gasteiger partial charge in [-0.2, -0.15) is 0 Å². The van der Waals surface area contributed by atoms with Gasteiger partial charge in [0, 0.05) is 18.7 Å². The lowest BCUT2D eigenvalue weighted by molar-refractivity contribution is 0.0943. The Morgan fingerprint density at radius 2 is 1.71 bits per heavy atom. The maximum Gasteiger partial charge on any atom is 0.269 e. The lowest BCUT2D eigenvalue weighted by atomic mass is 10.2. The lowest BCUT2D eigenvalue weighted by Gasteiger charge is -2.20. The van der Waals surface area contributed by atoms with Gasteiger partial charge in [-0.3, -0.25) is 20.0 Å². The van der Waals surface area contributed by atoms with Crippen LogP contribution in [0.3, 0.4) is 0 Å². The van der Waals surface area contributed by atoms with Crippen LogP contribution in [-0.2, 0) is 10.0 Å². The molecule has 0 atom stereocenters. The zero-order valence-electron chi connectivity index (χ0n) is 16.2. The van der Waals surface area contributed by atoms with Crippen LogP contribution in [0.25, 0.3) is 0 Å². The first kappa shape index (κ1) is 21.6. The number of nitrogens with one attached hydrogen (secondary N) is 3. The fourth-order valence-corrected chi connectivity index (χ4v) is 3.86. The minimum absolute atomic E-state index is 0.0195. The molecule has 2 aromatic carbocycles. The Labute approximate surface area is 171 Å². The molecule has 0 heterocycles. The molecule has 0 radical (unpaired) electrons. The van der Waals surface area contributed by atoms with E-state index in [1.165, 1.54) is 35.6 Å². The van der Waals surface area contributed by atoms with Crippen molar-refractivity contribution in [2.45, 2.75) is 31.7 Å². The maximum atomic E-state index is 12.9. The Hall–Kier alpha value is -2.65. The number of sulfonamides is 1. The van der Waals surface area contributed by atoms with Crippen LogP contribution in [0.1, 0.15) is 29.8 Å². The van der Waals surface area contributed by atoms with E-state index >= 15 is 0 Å². The summed E-state index contributed by atoms with van der Waals surface area (Å²) in [5, 5.41) is 3.19. The first-order valence-electron chi connectivity index (χ1n) is 8.64. The number of nitrogens with zero attached hydrogens (tertiary/aromatic N) is 1. The highest BCUT2D eigenvalue weighted by Crippen LogP contribution is 2.23. The zero-order valence-corrected chi connectivity index (χ0v) is 17.8. The summed E-state index contributed by atoms with van der Waals surface area (Å²) in [6, 6.07) is 13.1. The van der Waals surface area contributed by atoms with Crippen molar-refractivity contribution in [1.29, 1.82) is 0 Å². The molecule has 0 unspecified atom stereocenters. The van der Waals surface area contributed by atoms with E-state index < -0.39 is 15.9 Å². The third-order valence-corrected chi connectivity index (χ3v) is 5.86. The number of hydrogen-bond donors (Lipinski definition) is 3. The fourth-order valence-electron chi connectivity index (χ4n) is 2.33. The Bertz CT molecular complexity index is 957. The van der Waals surface area contributed by atoms with Gasteiger partial charge in [-0.05, 0) is 63.3 Å². The van der Waals surface area contributed by atoms with Crippen LogP contribution in [0.2, 0.25) is 0 Å². The second-order valence-electron chi connectivity index (χ2n) is 6.54. The minimum Gasteiger partial charge on any atom is -0.359 e. The number of rotatable bonds is 5. The molecule has 9 heteroatoms. The predicted molar refractivity (Wildman–Crippen MR) is 115 cm³/mol. The molecule has 2 rings (SSSR count). The van der Waals surface area contributed by atoms with Crippen LogP contribution in [-0.4, -0.2) is 32.5 Å². The summed E-state index contributed by atoms with van der Waals surface area (Å²) in [5.74, 6) is -0.497. The highest BCUT2D eigenvalue weighted by Gasteiger charge is 2.22. The molecule has 150 valence electrons. The number of carbonyl (C=O) groups excluding carboxylic acids is 1. The number of carbonyl (C=O) groups is 1. The second kappa shape index (κ2) is 9.03. The Kier molecular flexibility index (Phi) is 6.98. The quantitative estimate of drug-likeness (QED) is 0.508. The van der Waals surface area contributed by atoms with Gasteiger partial charge < -0.3 is 5.32 Å². The summed E-state index contributed by atoms with van der Waals surface area (Å²) in [5.41, 5.74) is 6.79. The van der Waals surface area contributed by atoms with Crippen molar-refractivity contribution in [3.8, 4) is 0 Å². The molecule has 0 aliphatic rings. The van der Waals surface area contributed by atoms with Crippen LogP contribution in [0.5, 0.6) is 0 Å². The molecule has 3 N–H and O–H groups in total. The van der Waals surface area contributed by atoms with E-state index in [2.05, 4.69) is 16.2 Å². The highest BCUT2D eigenvalue weighted by molar-refractivity contribution is 7.92. The van der Waals surface area contributed by atoms with Crippen LogP contribution in [0.15, 0.2) is 53.4 Å². The molecule has 1 amide bonds. The molecular formula is C19H24N4O3S2. The van der Waals surface area contributed by atoms with Gasteiger partial charge in [0.15, 0.2) is 5.11 Å². The molecule has 0 aromatic heterocycles. The van der Waals surface area contributed by atoms with Crippen LogP contribution < -0.4 is 20.5 Å². The molecular weight excluding hydrogens is 396 g/mol. The van der Waals surface area contributed by atoms with E-state index in [0.29, 0.717) is 5.69 Å². The van der Waals surface area contributed by atoms with Gasteiger partial charge in [0.2, 0.25) is 0 Å². The standard InChI is InChI=1S/C19H24N4O3S2/c1-13(2)20-19(27)22-21-18(24)15-6-5-7-17(12-15)28(25,26)23(4)16-10-8-14(3)9-11-16/h5-13H,1-4H3,(H,21,24)(H2,20,22,27). The maximum absolute atomic E-state index is 12.9. The van der Waals surface area contributed by atoms with Gasteiger partial charge in [-0.25, -0.2) is 8.42 Å². The molecule has 0 aliphatic heterocycles. The largest absolute Gasteiger partial charge is 0.359 e. The number of hydrazine groups is 1. The van der Waals surface area contributed by atoms with E-state index in [9.17, 15) is 13.2 Å². The van der Waals surface area contributed by atoms with E-state index in [4.69, 9.17) is 12.2 Å². The average Bonchev–Trinajstić information content (AvgIpc) is 2.65. The van der Waals surface area contributed by atoms with Gasteiger partial charge >= 0.3 is 0 Å². The van der Waals surface area contributed by atoms with Crippen molar-refractivity contribution in [1.82, 2.24) is 16.2 Å². The fraction of sp³-hybridized carbons (Fsp3) is 0.263. The summed E-state index contributed by atoms with van der Waals surface area (Å²) < 4.78 is 27.0. The monoisotopic (exact) mass is 420 g/mol. The van der Waals surface area contributed by atoms with Gasteiger partial charge in [0.1, 0.15) is 0 Å².